The fourth-order valence-electron chi connectivity index (χ4n) is 4.61. The van der Waals surface area contributed by atoms with Crippen molar-refractivity contribution in [1.29, 1.82) is 0 Å². The molecule has 31 heavy (non-hydrogen) atoms. The van der Waals surface area contributed by atoms with Crippen molar-refractivity contribution < 1.29 is 4.52 Å². The number of hydrogen-bond acceptors (Lipinski definition) is 5. The van der Waals surface area contributed by atoms with E-state index >= 15 is 0 Å². The van der Waals surface area contributed by atoms with Gasteiger partial charge in [0.05, 0.1) is 11.7 Å². The predicted molar refractivity (Wildman–Crippen MR) is 127 cm³/mol. The minimum atomic E-state index is 0.311. The van der Waals surface area contributed by atoms with Crippen LogP contribution in [0.25, 0.3) is 0 Å². The molecule has 1 saturated heterocycles. The van der Waals surface area contributed by atoms with E-state index in [1.165, 1.54) is 16.7 Å². The lowest BCUT2D eigenvalue weighted by atomic mass is 9.96. The molecule has 0 radical (unpaired) electrons. The summed E-state index contributed by atoms with van der Waals surface area (Å²) in [5.41, 5.74) is 5.04. The van der Waals surface area contributed by atoms with Crippen LogP contribution in [0.1, 0.15) is 48.2 Å². The minimum Gasteiger partial charge on any atom is -0.357 e. The van der Waals surface area contributed by atoms with Crippen molar-refractivity contribution in [3.8, 4) is 0 Å². The van der Waals surface area contributed by atoms with Gasteiger partial charge in [0.2, 0.25) is 5.88 Å². The standard InChI is InChI=1S/C26H34N4O/c1-20(2)24-23(26(27-3)31-28-24)14-15-29-16-18-30(19-17-29)25(21-10-6-4-7-11-21)22-12-8-5-9-13-22/h4-13,20,25,27H,14-19H2,1-3H3. The van der Waals surface area contributed by atoms with E-state index < -0.39 is 0 Å². The van der Waals surface area contributed by atoms with Crippen molar-refractivity contribution in [2.75, 3.05) is 45.1 Å². The molecule has 1 aliphatic heterocycles. The van der Waals surface area contributed by atoms with Gasteiger partial charge in [-0.05, 0) is 23.5 Å². The second-order valence-electron chi connectivity index (χ2n) is 8.63. The number of nitrogens with zero attached hydrogens (tertiary/aromatic N) is 3. The number of anilines is 1. The van der Waals surface area contributed by atoms with Crippen LogP contribution in [-0.4, -0.2) is 54.7 Å². The molecule has 0 saturated carbocycles. The summed E-state index contributed by atoms with van der Waals surface area (Å²) >= 11 is 0. The topological polar surface area (TPSA) is 44.5 Å². The Morgan fingerprint density at radius 2 is 1.48 bits per heavy atom. The Kier molecular flexibility index (Phi) is 7.05. The fourth-order valence-corrected chi connectivity index (χ4v) is 4.61. The smallest absolute Gasteiger partial charge is 0.227 e. The van der Waals surface area contributed by atoms with Crippen LogP contribution in [0.4, 0.5) is 5.88 Å². The van der Waals surface area contributed by atoms with Gasteiger partial charge in [-0.1, -0.05) is 79.7 Å². The van der Waals surface area contributed by atoms with Crippen molar-refractivity contribution in [2.24, 2.45) is 0 Å². The molecule has 5 heteroatoms. The first-order valence-corrected chi connectivity index (χ1v) is 11.4. The first-order valence-electron chi connectivity index (χ1n) is 11.4. The SMILES string of the molecule is CNc1onc(C(C)C)c1CCN1CCN(C(c2ccccc2)c2ccccc2)CC1. The van der Waals surface area contributed by atoms with Crippen LogP contribution in [0.3, 0.4) is 0 Å². The Hall–Kier alpha value is -2.63. The minimum absolute atomic E-state index is 0.311. The van der Waals surface area contributed by atoms with Gasteiger partial charge in [0.25, 0.3) is 0 Å². The Morgan fingerprint density at radius 1 is 0.903 bits per heavy atom. The largest absolute Gasteiger partial charge is 0.357 e. The van der Waals surface area contributed by atoms with Crippen LogP contribution in [-0.2, 0) is 6.42 Å². The third-order valence-electron chi connectivity index (χ3n) is 6.27. The van der Waals surface area contributed by atoms with E-state index in [0.717, 1.165) is 50.7 Å². The second-order valence-corrected chi connectivity index (χ2v) is 8.63. The van der Waals surface area contributed by atoms with Gasteiger partial charge < -0.3 is 14.7 Å². The molecule has 0 amide bonds. The molecule has 1 fully saturated rings. The summed E-state index contributed by atoms with van der Waals surface area (Å²) in [6.07, 6.45) is 0.966. The average Bonchev–Trinajstić information content (AvgIpc) is 3.23. The zero-order valence-corrected chi connectivity index (χ0v) is 18.9. The summed E-state index contributed by atoms with van der Waals surface area (Å²) < 4.78 is 5.50. The van der Waals surface area contributed by atoms with E-state index in [4.69, 9.17) is 4.52 Å². The molecule has 164 valence electrons. The van der Waals surface area contributed by atoms with Gasteiger partial charge >= 0.3 is 0 Å². The number of nitrogens with one attached hydrogen (secondary N) is 1. The maximum atomic E-state index is 5.50. The molecule has 2 aromatic carbocycles. The monoisotopic (exact) mass is 418 g/mol. The third-order valence-corrected chi connectivity index (χ3v) is 6.27. The van der Waals surface area contributed by atoms with Crippen molar-refractivity contribution in [1.82, 2.24) is 15.0 Å². The van der Waals surface area contributed by atoms with E-state index in [-0.39, 0.29) is 0 Å². The number of aromatic nitrogens is 1. The highest BCUT2D eigenvalue weighted by Gasteiger charge is 2.27. The lowest BCUT2D eigenvalue weighted by molar-refractivity contribution is 0.110. The second kappa shape index (κ2) is 10.1. The summed E-state index contributed by atoms with van der Waals surface area (Å²) in [5, 5.41) is 7.45. The number of benzene rings is 2. The van der Waals surface area contributed by atoms with E-state index in [9.17, 15) is 0 Å². The van der Waals surface area contributed by atoms with Crippen LogP contribution < -0.4 is 5.32 Å². The Labute approximate surface area is 186 Å². The zero-order chi connectivity index (χ0) is 21.6. The summed E-state index contributed by atoms with van der Waals surface area (Å²) in [5.74, 6) is 1.19. The highest BCUT2D eigenvalue weighted by Crippen LogP contribution is 2.30. The van der Waals surface area contributed by atoms with Crippen LogP contribution in [0, 0.1) is 0 Å². The lowest BCUT2D eigenvalue weighted by Crippen LogP contribution is -2.48. The van der Waals surface area contributed by atoms with Gasteiger partial charge in [-0.2, -0.15) is 0 Å². The Bertz CT molecular complexity index is 891. The number of hydrogen-bond donors (Lipinski definition) is 1. The molecule has 2 heterocycles. The van der Waals surface area contributed by atoms with E-state index in [1.807, 2.05) is 7.05 Å². The molecule has 5 nitrogen and oxygen atoms in total. The summed E-state index contributed by atoms with van der Waals surface area (Å²) in [4.78, 5) is 5.19. The van der Waals surface area contributed by atoms with Crippen molar-refractivity contribution >= 4 is 5.88 Å². The molecule has 0 aliphatic carbocycles. The molecule has 1 aliphatic rings. The van der Waals surface area contributed by atoms with Crippen molar-refractivity contribution in [3.63, 3.8) is 0 Å². The first-order chi connectivity index (χ1) is 15.2. The van der Waals surface area contributed by atoms with Crippen molar-refractivity contribution in [3.05, 3.63) is 83.0 Å². The van der Waals surface area contributed by atoms with Gasteiger partial charge in [0, 0.05) is 45.3 Å². The summed E-state index contributed by atoms with van der Waals surface area (Å²) in [6, 6.07) is 22.1. The van der Waals surface area contributed by atoms with Crippen LogP contribution >= 0.6 is 0 Å². The quantitative estimate of drug-likeness (QED) is 0.570. The number of piperazine rings is 1. The summed E-state index contributed by atoms with van der Waals surface area (Å²) in [7, 11) is 1.90. The first kappa shape index (κ1) is 21.6. The third kappa shape index (κ3) is 5.00. The molecule has 0 unspecified atom stereocenters. The van der Waals surface area contributed by atoms with Crippen LogP contribution in [0.5, 0.6) is 0 Å². The van der Waals surface area contributed by atoms with Crippen LogP contribution in [0.15, 0.2) is 65.2 Å². The predicted octanol–water partition coefficient (Wildman–Crippen LogP) is 4.79. The van der Waals surface area contributed by atoms with Crippen molar-refractivity contribution in [2.45, 2.75) is 32.2 Å². The molecular formula is C26H34N4O. The molecule has 1 N–H and O–H groups in total. The zero-order valence-electron chi connectivity index (χ0n) is 18.9. The number of rotatable bonds is 8. The highest BCUT2D eigenvalue weighted by atomic mass is 16.5. The maximum absolute atomic E-state index is 5.50. The maximum Gasteiger partial charge on any atom is 0.227 e. The molecule has 4 rings (SSSR count). The van der Waals surface area contributed by atoms with Gasteiger partial charge in [0.1, 0.15) is 0 Å². The highest BCUT2D eigenvalue weighted by molar-refractivity contribution is 5.44. The van der Waals surface area contributed by atoms with Gasteiger partial charge in [-0.25, -0.2) is 0 Å². The molecule has 3 aromatic rings. The molecule has 1 aromatic heterocycles. The van der Waals surface area contributed by atoms with Crippen LogP contribution in [0.2, 0.25) is 0 Å². The molecular weight excluding hydrogens is 384 g/mol. The van der Waals surface area contributed by atoms with Gasteiger partial charge in [-0.3, -0.25) is 4.90 Å². The van der Waals surface area contributed by atoms with E-state index in [2.05, 4.69) is 94.8 Å². The fraction of sp³-hybridized carbons (Fsp3) is 0.423. The average molecular weight is 419 g/mol. The molecule has 0 atom stereocenters. The van der Waals surface area contributed by atoms with Gasteiger partial charge in [-0.15, -0.1) is 0 Å². The van der Waals surface area contributed by atoms with Gasteiger partial charge in [0.15, 0.2) is 0 Å². The normalized spacial score (nSPS) is 15.6. The van der Waals surface area contributed by atoms with E-state index in [1.54, 1.807) is 0 Å². The molecule has 0 spiro atoms. The summed E-state index contributed by atoms with van der Waals surface area (Å²) in [6.45, 7) is 9.66. The lowest BCUT2D eigenvalue weighted by Gasteiger charge is -2.39. The Balaban J connectivity index is 1.41. The Morgan fingerprint density at radius 3 is 2.00 bits per heavy atom. The molecule has 0 bridgehead atoms. The van der Waals surface area contributed by atoms with E-state index in [0.29, 0.717) is 12.0 Å².